The monoisotopic (exact) mass is 184 g/mol. The van der Waals surface area contributed by atoms with Gasteiger partial charge in [-0.2, -0.15) is 0 Å². The molecular weight excluding hydrogens is 172 g/mol. The maximum Gasteiger partial charge on any atom is 0.131 e. The first-order valence-corrected chi connectivity index (χ1v) is 4.34. The zero-order valence-corrected chi connectivity index (χ0v) is 8.34. The molecule has 0 saturated carbocycles. The molecule has 0 aliphatic carbocycles. The number of hydrogen-bond acceptors (Lipinski definition) is 2. The predicted molar refractivity (Wildman–Crippen MR) is 52.8 cm³/mol. The largest absolute Gasteiger partial charge is 0.357 e. The maximum atomic E-state index is 5.76. The molecule has 0 amide bonds. The zero-order valence-electron chi connectivity index (χ0n) is 7.58. The number of halogens is 1. The Hall–Kier alpha value is -0.760. The van der Waals surface area contributed by atoms with Crippen LogP contribution in [0.15, 0.2) is 18.2 Å². The van der Waals surface area contributed by atoms with Crippen LogP contribution in [0, 0.1) is 0 Å². The number of rotatable bonds is 2. The molecule has 1 aromatic rings. The summed E-state index contributed by atoms with van der Waals surface area (Å²) in [5, 5.41) is 0.542. The highest BCUT2D eigenvalue weighted by Crippen LogP contribution is 2.14. The highest BCUT2D eigenvalue weighted by molar-refractivity contribution is 6.29. The molecule has 0 radical (unpaired) electrons. The molecule has 1 aromatic heterocycles. The van der Waals surface area contributed by atoms with Gasteiger partial charge in [-0.3, -0.25) is 0 Å². The highest BCUT2D eigenvalue weighted by Gasteiger charge is 2.05. The molecule has 2 nitrogen and oxygen atoms in total. The average Bonchev–Trinajstić information content (AvgIpc) is 2.03. The summed E-state index contributed by atoms with van der Waals surface area (Å²) in [6.07, 6.45) is 0. The smallest absolute Gasteiger partial charge is 0.131 e. The first kappa shape index (κ1) is 9.33. The van der Waals surface area contributed by atoms with Gasteiger partial charge in [-0.1, -0.05) is 17.7 Å². The molecule has 0 aliphatic heterocycles. The topological polar surface area (TPSA) is 16.1 Å². The Labute approximate surface area is 78.2 Å². The molecule has 0 fully saturated rings. The minimum atomic E-state index is 0.441. The molecule has 0 N–H and O–H groups in total. The first-order chi connectivity index (χ1) is 5.61. The van der Waals surface area contributed by atoms with Crippen LogP contribution in [0.5, 0.6) is 0 Å². The molecule has 12 heavy (non-hydrogen) atoms. The lowest BCUT2D eigenvalue weighted by molar-refractivity contribution is 0.743. The third kappa shape index (κ3) is 2.11. The summed E-state index contributed by atoms with van der Waals surface area (Å²) in [4.78, 5) is 6.26. The first-order valence-electron chi connectivity index (χ1n) is 3.96. The second-order valence-electron chi connectivity index (χ2n) is 3.02. The average molecular weight is 185 g/mol. The van der Waals surface area contributed by atoms with Gasteiger partial charge < -0.3 is 4.90 Å². The molecule has 0 aromatic carbocycles. The second-order valence-corrected chi connectivity index (χ2v) is 3.41. The molecule has 0 spiro atoms. The van der Waals surface area contributed by atoms with Gasteiger partial charge in [0.15, 0.2) is 0 Å². The SMILES string of the molecule is CC(C)N(C)c1cccc(Cl)n1. The van der Waals surface area contributed by atoms with E-state index in [0.29, 0.717) is 11.2 Å². The van der Waals surface area contributed by atoms with Crippen LogP contribution in [0.1, 0.15) is 13.8 Å². The Kier molecular flexibility index (Phi) is 2.93. The van der Waals surface area contributed by atoms with Gasteiger partial charge in [-0.15, -0.1) is 0 Å². The van der Waals surface area contributed by atoms with Crippen LogP contribution in [0.4, 0.5) is 5.82 Å². The number of nitrogens with zero attached hydrogens (tertiary/aromatic N) is 2. The van der Waals surface area contributed by atoms with E-state index in [1.54, 1.807) is 6.07 Å². The minimum absolute atomic E-state index is 0.441. The van der Waals surface area contributed by atoms with Crippen molar-refractivity contribution in [2.45, 2.75) is 19.9 Å². The van der Waals surface area contributed by atoms with Crippen LogP contribution in [0.3, 0.4) is 0 Å². The van der Waals surface area contributed by atoms with Crippen molar-refractivity contribution in [1.82, 2.24) is 4.98 Å². The van der Waals surface area contributed by atoms with Crippen LogP contribution < -0.4 is 4.90 Å². The van der Waals surface area contributed by atoms with E-state index >= 15 is 0 Å². The fraction of sp³-hybridized carbons (Fsp3) is 0.444. The van der Waals surface area contributed by atoms with Crippen LogP contribution in [0.2, 0.25) is 5.15 Å². The van der Waals surface area contributed by atoms with Crippen molar-refractivity contribution in [3.05, 3.63) is 23.4 Å². The molecule has 1 heterocycles. The fourth-order valence-electron chi connectivity index (χ4n) is 0.859. The molecule has 66 valence electrons. The summed E-state index contributed by atoms with van der Waals surface area (Å²) < 4.78 is 0. The molecule has 0 saturated heterocycles. The van der Waals surface area contributed by atoms with Crippen molar-refractivity contribution < 1.29 is 0 Å². The molecule has 0 unspecified atom stereocenters. The van der Waals surface area contributed by atoms with Crippen LogP contribution in [-0.2, 0) is 0 Å². The summed E-state index contributed by atoms with van der Waals surface area (Å²) >= 11 is 5.76. The normalized spacial score (nSPS) is 10.4. The third-order valence-electron chi connectivity index (χ3n) is 1.84. The van der Waals surface area contributed by atoms with E-state index < -0.39 is 0 Å². The number of hydrogen-bond donors (Lipinski definition) is 0. The van der Waals surface area contributed by atoms with Crippen molar-refractivity contribution in [3.8, 4) is 0 Å². The lowest BCUT2D eigenvalue weighted by Crippen LogP contribution is -2.26. The quantitative estimate of drug-likeness (QED) is 0.657. The molecule has 0 bridgehead atoms. The van der Waals surface area contributed by atoms with Crippen molar-refractivity contribution >= 4 is 17.4 Å². The fourth-order valence-corrected chi connectivity index (χ4v) is 1.02. The number of anilines is 1. The van der Waals surface area contributed by atoms with Gasteiger partial charge in [0.2, 0.25) is 0 Å². The van der Waals surface area contributed by atoms with Gasteiger partial charge >= 0.3 is 0 Å². The van der Waals surface area contributed by atoms with Crippen molar-refractivity contribution in [2.24, 2.45) is 0 Å². The van der Waals surface area contributed by atoms with Crippen LogP contribution in [0.25, 0.3) is 0 Å². The summed E-state index contributed by atoms with van der Waals surface area (Å²) in [6.45, 7) is 4.23. The maximum absolute atomic E-state index is 5.76. The van der Waals surface area contributed by atoms with Gasteiger partial charge in [0, 0.05) is 13.1 Å². The van der Waals surface area contributed by atoms with E-state index in [1.165, 1.54) is 0 Å². The van der Waals surface area contributed by atoms with Crippen molar-refractivity contribution in [2.75, 3.05) is 11.9 Å². The summed E-state index contributed by atoms with van der Waals surface area (Å²) in [7, 11) is 2.00. The molecule has 1 rings (SSSR count). The lowest BCUT2D eigenvalue weighted by atomic mass is 10.3. The van der Waals surface area contributed by atoms with E-state index in [0.717, 1.165) is 5.82 Å². The number of aromatic nitrogens is 1. The summed E-state index contributed by atoms with van der Waals surface area (Å²) in [5.41, 5.74) is 0. The second kappa shape index (κ2) is 3.76. The van der Waals surface area contributed by atoms with Gasteiger partial charge in [-0.05, 0) is 26.0 Å². The Morgan fingerprint density at radius 3 is 2.58 bits per heavy atom. The van der Waals surface area contributed by atoms with E-state index in [4.69, 9.17) is 11.6 Å². The highest BCUT2D eigenvalue weighted by atomic mass is 35.5. The summed E-state index contributed by atoms with van der Waals surface area (Å²) in [6, 6.07) is 6.07. The van der Waals surface area contributed by atoms with Gasteiger partial charge in [0.25, 0.3) is 0 Å². The molecule has 3 heteroatoms. The third-order valence-corrected chi connectivity index (χ3v) is 2.05. The summed E-state index contributed by atoms with van der Waals surface area (Å²) in [5.74, 6) is 0.914. The Balaban J connectivity index is 2.88. The number of pyridine rings is 1. The Morgan fingerprint density at radius 1 is 1.42 bits per heavy atom. The zero-order chi connectivity index (χ0) is 9.14. The van der Waals surface area contributed by atoms with E-state index in [2.05, 4.69) is 23.7 Å². The van der Waals surface area contributed by atoms with Crippen molar-refractivity contribution in [3.63, 3.8) is 0 Å². The van der Waals surface area contributed by atoms with Crippen molar-refractivity contribution in [1.29, 1.82) is 0 Å². The van der Waals surface area contributed by atoms with Gasteiger partial charge in [-0.25, -0.2) is 4.98 Å². The van der Waals surface area contributed by atoms with Gasteiger partial charge in [0.1, 0.15) is 11.0 Å². The standard InChI is InChI=1S/C9H13ClN2/c1-7(2)12(3)9-6-4-5-8(10)11-9/h4-7H,1-3H3. The van der Waals surface area contributed by atoms with E-state index in [1.807, 2.05) is 19.2 Å². The molecular formula is C9H13ClN2. The predicted octanol–water partition coefficient (Wildman–Crippen LogP) is 2.58. The Morgan fingerprint density at radius 2 is 2.08 bits per heavy atom. The van der Waals surface area contributed by atoms with Gasteiger partial charge in [0.05, 0.1) is 0 Å². The van der Waals surface area contributed by atoms with Crippen LogP contribution in [-0.4, -0.2) is 18.1 Å². The molecule has 0 atom stereocenters. The Bertz CT molecular complexity index is 260. The molecule has 0 aliphatic rings. The van der Waals surface area contributed by atoms with E-state index in [9.17, 15) is 0 Å². The minimum Gasteiger partial charge on any atom is -0.357 e. The van der Waals surface area contributed by atoms with Crippen LogP contribution >= 0.6 is 11.6 Å². The lowest BCUT2D eigenvalue weighted by Gasteiger charge is -2.22. The van der Waals surface area contributed by atoms with E-state index in [-0.39, 0.29) is 0 Å².